The van der Waals surface area contributed by atoms with Crippen LogP contribution in [0.5, 0.6) is 0 Å². The Labute approximate surface area is 97.3 Å². The molecule has 1 aromatic heterocycles. The number of rotatable bonds is 5. The molecule has 0 amide bonds. The first-order chi connectivity index (χ1) is 8.01. The average molecular weight is 243 g/mol. The fraction of sp³-hybridized carbons (Fsp3) is 0.455. The first kappa shape index (κ1) is 13.3. The molecular weight excluding hydrogens is 231 g/mol. The molecule has 0 aromatic carbocycles. The van der Waals surface area contributed by atoms with Gasteiger partial charge in [-0.3, -0.25) is 0 Å². The number of alkyl halides is 3. The van der Waals surface area contributed by atoms with Gasteiger partial charge in [0.1, 0.15) is 17.6 Å². The summed E-state index contributed by atoms with van der Waals surface area (Å²) < 4.78 is 35.5. The number of nitrogens with zero attached hydrogens (tertiary/aromatic N) is 2. The number of anilines is 1. The maximum Gasteiger partial charge on any atom is 0.389 e. The molecule has 0 saturated carbocycles. The van der Waals surface area contributed by atoms with E-state index in [0.29, 0.717) is 18.8 Å². The van der Waals surface area contributed by atoms with Crippen molar-refractivity contribution in [2.45, 2.75) is 25.4 Å². The number of pyridine rings is 1. The second kappa shape index (κ2) is 6.09. The van der Waals surface area contributed by atoms with E-state index in [1.165, 1.54) is 0 Å². The van der Waals surface area contributed by atoms with Crippen molar-refractivity contribution in [1.82, 2.24) is 4.98 Å². The summed E-state index contributed by atoms with van der Waals surface area (Å²) in [7, 11) is 0. The van der Waals surface area contributed by atoms with Gasteiger partial charge in [-0.15, -0.1) is 0 Å². The highest BCUT2D eigenvalue weighted by atomic mass is 19.4. The van der Waals surface area contributed by atoms with Crippen LogP contribution in [0.4, 0.5) is 19.0 Å². The maximum absolute atomic E-state index is 11.8. The first-order valence-corrected chi connectivity index (χ1v) is 5.19. The predicted molar refractivity (Wildman–Crippen MR) is 57.3 cm³/mol. The Kier molecular flexibility index (Phi) is 4.76. The van der Waals surface area contributed by atoms with Gasteiger partial charge in [0.05, 0.1) is 0 Å². The lowest BCUT2D eigenvalue weighted by atomic mass is 10.2. The number of aromatic nitrogens is 1. The molecule has 0 aliphatic heterocycles. The Morgan fingerprint density at radius 2 is 2.06 bits per heavy atom. The zero-order valence-corrected chi connectivity index (χ0v) is 9.09. The molecular formula is C11H12F3N3. The fourth-order valence-electron chi connectivity index (χ4n) is 1.26. The van der Waals surface area contributed by atoms with Crippen LogP contribution < -0.4 is 5.32 Å². The van der Waals surface area contributed by atoms with E-state index in [1.54, 1.807) is 18.2 Å². The van der Waals surface area contributed by atoms with Gasteiger partial charge in [-0.1, -0.05) is 6.07 Å². The third-order valence-corrected chi connectivity index (χ3v) is 2.06. The predicted octanol–water partition coefficient (Wildman–Crippen LogP) is 3.10. The molecule has 0 bridgehead atoms. The summed E-state index contributed by atoms with van der Waals surface area (Å²) in [6.07, 6.45) is -4.34. The molecule has 0 saturated heterocycles. The lowest BCUT2D eigenvalue weighted by Crippen LogP contribution is -2.09. The highest BCUT2D eigenvalue weighted by Gasteiger charge is 2.25. The van der Waals surface area contributed by atoms with Crippen LogP contribution in [0, 0.1) is 11.3 Å². The van der Waals surface area contributed by atoms with Crippen LogP contribution in [0.15, 0.2) is 18.2 Å². The van der Waals surface area contributed by atoms with Gasteiger partial charge in [0.15, 0.2) is 0 Å². The molecule has 0 radical (unpaired) electrons. The van der Waals surface area contributed by atoms with Crippen molar-refractivity contribution < 1.29 is 13.2 Å². The molecule has 1 rings (SSSR count). The summed E-state index contributed by atoms with van der Waals surface area (Å²) in [6, 6.07) is 6.79. The van der Waals surface area contributed by atoms with Crippen molar-refractivity contribution in [2.24, 2.45) is 0 Å². The maximum atomic E-state index is 11.8. The van der Waals surface area contributed by atoms with Gasteiger partial charge < -0.3 is 5.32 Å². The molecule has 17 heavy (non-hydrogen) atoms. The molecule has 0 spiro atoms. The van der Waals surface area contributed by atoms with E-state index in [0.717, 1.165) is 0 Å². The third-order valence-electron chi connectivity index (χ3n) is 2.06. The number of hydrogen-bond donors (Lipinski definition) is 1. The highest BCUT2D eigenvalue weighted by molar-refractivity contribution is 5.38. The van der Waals surface area contributed by atoms with Crippen LogP contribution in [0.3, 0.4) is 0 Å². The number of unbranched alkanes of at least 4 members (excludes halogenated alkanes) is 1. The minimum Gasteiger partial charge on any atom is -0.370 e. The fourth-order valence-corrected chi connectivity index (χ4v) is 1.26. The van der Waals surface area contributed by atoms with Crippen LogP contribution in [-0.4, -0.2) is 17.7 Å². The lowest BCUT2D eigenvalue weighted by molar-refractivity contribution is -0.135. The molecule has 0 aliphatic rings. The molecule has 6 heteroatoms. The summed E-state index contributed by atoms with van der Waals surface area (Å²) in [5, 5.41) is 11.5. The molecule has 1 N–H and O–H groups in total. The van der Waals surface area contributed by atoms with Crippen molar-refractivity contribution >= 4 is 5.82 Å². The normalized spacial score (nSPS) is 10.9. The Morgan fingerprint density at radius 3 is 2.71 bits per heavy atom. The van der Waals surface area contributed by atoms with E-state index < -0.39 is 12.6 Å². The van der Waals surface area contributed by atoms with Crippen LogP contribution in [0.2, 0.25) is 0 Å². The Morgan fingerprint density at radius 1 is 1.29 bits per heavy atom. The SMILES string of the molecule is N#Cc1cccc(NCCCCC(F)(F)F)n1. The molecule has 0 atom stereocenters. The summed E-state index contributed by atoms with van der Waals surface area (Å²) >= 11 is 0. The van der Waals surface area contributed by atoms with Gasteiger partial charge in [-0.25, -0.2) is 4.98 Å². The number of hydrogen-bond acceptors (Lipinski definition) is 3. The number of nitriles is 1. The summed E-state index contributed by atoms with van der Waals surface area (Å²) in [5.41, 5.74) is 0.283. The zero-order valence-electron chi connectivity index (χ0n) is 9.09. The second-order valence-electron chi connectivity index (χ2n) is 3.52. The van der Waals surface area contributed by atoms with Crippen LogP contribution in [0.1, 0.15) is 25.0 Å². The van der Waals surface area contributed by atoms with Crippen molar-refractivity contribution in [1.29, 1.82) is 5.26 Å². The molecule has 0 fully saturated rings. The molecule has 92 valence electrons. The van der Waals surface area contributed by atoms with E-state index >= 15 is 0 Å². The van der Waals surface area contributed by atoms with Gasteiger partial charge in [0.2, 0.25) is 0 Å². The largest absolute Gasteiger partial charge is 0.389 e. The molecule has 1 heterocycles. The van der Waals surface area contributed by atoms with Crippen molar-refractivity contribution in [3.8, 4) is 6.07 Å². The molecule has 0 aliphatic carbocycles. The van der Waals surface area contributed by atoms with Crippen molar-refractivity contribution in [2.75, 3.05) is 11.9 Å². The van der Waals surface area contributed by atoms with E-state index in [-0.39, 0.29) is 12.1 Å². The van der Waals surface area contributed by atoms with Gasteiger partial charge in [0, 0.05) is 13.0 Å². The first-order valence-electron chi connectivity index (χ1n) is 5.19. The van der Waals surface area contributed by atoms with E-state index in [4.69, 9.17) is 5.26 Å². The smallest absolute Gasteiger partial charge is 0.370 e. The van der Waals surface area contributed by atoms with Gasteiger partial charge in [0.25, 0.3) is 0 Å². The van der Waals surface area contributed by atoms with Crippen LogP contribution >= 0.6 is 0 Å². The minimum absolute atomic E-state index is 0.0917. The zero-order chi connectivity index (χ0) is 12.7. The van der Waals surface area contributed by atoms with E-state index in [2.05, 4.69) is 10.3 Å². The second-order valence-corrected chi connectivity index (χ2v) is 3.52. The topological polar surface area (TPSA) is 48.7 Å². The molecule has 1 aromatic rings. The summed E-state index contributed by atoms with van der Waals surface area (Å²) in [5.74, 6) is 0.510. The average Bonchev–Trinajstić information content (AvgIpc) is 2.27. The monoisotopic (exact) mass is 243 g/mol. The minimum atomic E-state index is -4.08. The van der Waals surface area contributed by atoms with E-state index in [1.807, 2.05) is 6.07 Å². The standard InChI is InChI=1S/C11H12F3N3/c12-11(13,14)6-1-2-7-16-10-5-3-4-9(8-15)17-10/h3-5H,1-2,6-7H2,(H,16,17). The van der Waals surface area contributed by atoms with Gasteiger partial charge in [-0.2, -0.15) is 18.4 Å². The Balaban J connectivity index is 2.25. The van der Waals surface area contributed by atoms with Gasteiger partial charge in [-0.05, 0) is 25.0 Å². The highest BCUT2D eigenvalue weighted by Crippen LogP contribution is 2.22. The van der Waals surface area contributed by atoms with Gasteiger partial charge >= 0.3 is 6.18 Å². The number of halogens is 3. The Bertz CT molecular complexity index is 396. The van der Waals surface area contributed by atoms with Crippen molar-refractivity contribution in [3.63, 3.8) is 0 Å². The summed E-state index contributed by atoms with van der Waals surface area (Å²) in [6.45, 7) is 0.415. The third kappa shape index (κ3) is 5.76. The Hall–Kier alpha value is -1.77. The van der Waals surface area contributed by atoms with Crippen LogP contribution in [-0.2, 0) is 0 Å². The molecule has 0 unspecified atom stereocenters. The quantitative estimate of drug-likeness (QED) is 0.808. The lowest BCUT2D eigenvalue weighted by Gasteiger charge is -2.07. The molecule has 3 nitrogen and oxygen atoms in total. The number of nitrogens with one attached hydrogen (secondary N) is 1. The van der Waals surface area contributed by atoms with Crippen LogP contribution in [0.25, 0.3) is 0 Å². The van der Waals surface area contributed by atoms with Crippen molar-refractivity contribution in [3.05, 3.63) is 23.9 Å². The summed E-state index contributed by atoms with van der Waals surface area (Å²) in [4.78, 5) is 3.94. The van der Waals surface area contributed by atoms with E-state index in [9.17, 15) is 13.2 Å².